The highest BCUT2D eigenvalue weighted by atomic mass is 16.4. The maximum Gasteiger partial charge on any atom is 0.226 e. The van der Waals surface area contributed by atoms with Crippen molar-refractivity contribution in [3.8, 4) is 0 Å². The van der Waals surface area contributed by atoms with Crippen molar-refractivity contribution in [2.75, 3.05) is 18.0 Å². The lowest BCUT2D eigenvalue weighted by molar-refractivity contribution is 0.318. The molecule has 2 aliphatic rings. The van der Waals surface area contributed by atoms with E-state index in [0.29, 0.717) is 11.6 Å². The first-order valence-corrected chi connectivity index (χ1v) is 6.76. The smallest absolute Gasteiger partial charge is 0.226 e. The van der Waals surface area contributed by atoms with Gasteiger partial charge in [0.2, 0.25) is 5.95 Å². The fourth-order valence-electron chi connectivity index (χ4n) is 3.28. The minimum atomic E-state index is 0.0335. The first kappa shape index (κ1) is 12.2. The Kier molecular flexibility index (Phi) is 3.00. The van der Waals surface area contributed by atoms with Gasteiger partial charge in [0, 0.05) is 18.8 Å². The number of anilines is 1. The van der Waals surface area contributed by atoms with Gasteiger partial charge >= 0.3 is 0 Å². The van der Waals surface area contributed by atoms with Crippen molar-refractivity contribution >= 4 is 11.8 Å². The van der Waals surface area contributed by atoms with E-state index in [1.54, 1.807) is 6.07 Å². The standard InChI is InChI=1S/C13H19N5O/c1-8-5-11(12(14)17-19)16-13(15-8)18-6-9-3-2-4-10(9)7-18/h5,9-10,19H,2-4,6-7H2,1H3,(H2,14,17). The fraction of sp³-hybridized carbons (Fsp3) is 0.615. The number of rotatable bonds is 2. The Balaban J connectivity index is 1.87. The Morgan fingerprint density at radius 2 is 2.05 bits per heavy atom. The molecule has 3 N–H and O–H groups in total. The van der Waals surface area contributed by atoms with Crippen LogP contribution < -0.4 is 10.6 Å². The molecule has 102 valence electrons. The van der Waals surface area contributed by atoms with Gasteiger partial charge in [-0.1, -0.05) is 11.6 Å². The number of nitrogens with zero attached hydrogens (tertiary/aromatic N) is 4. The summed E-state index contributed by atoms with van der Waals surface area (Å²) >= 11 is 0. The number of nitrogens with two attached hydrogens (primary N) is 1. The van der Waals surface area contributed by atoms with Gasteiger partial charge in [-0.15, -0.1) is 0 Å². The molecule has 2 atom stereocenters. The monoisotopic (exact) mass is 261 g/mol. The minimum absolute atomic E-state index is 0.0335. The summed E-state index contributed by atoms with van der Waals surface area (Å²) < 4.78 is 0. The predicted octanol–water partition coefficient (Wildman–Crippen LogP) is 1.12. The molecule has 0 radical (unpaired) electrons. The normalized spacial score (nSPS) is 26.8. The molecule has 6 heteroatoms. The Morgan fingerprint density at radius 3 is 2.68 bits per heavy atom. The number of amidine groups is 1. The van der Waals surface area contributed by atoms with Crippen molar-refractivity contribution in [3.63, 3.8) is 0 Å². The highest BCUT2D eigenvalue weighted by molar-refractivity contribution is 5.95. The van der Waals surface area contributed by atoms with Crippen LogP contribution in [0.15, 0.2) is 11.2 Å². The van der Waals surface area contributed by atoms with Crippen molar-refractivity contribution in [2.24, 2.45) is 22.7 Å². The molecule has 19 heavy (non-hydrogen) atoms. The number of aromatic nitrogens is 2. The van der Waals surface area contributed by atoms with Crippen LogP contribution >= 0.6 is 0 Å². The molecule has 2 fully saturated rings. The zero-order valence-electron chi connectivity index (χ0n) is 11.1. The molecule has 0 bridgehead atoms. The van der Waals surface area contributed by atoms with Crippen LogP contribution in [0.5, 0.6) is 0 Å². The summed E-state index contributed by atoms with van der Waals surface area (Å²) in [5.41, 5.74) is 6.94. The van der Waals surface area contributed by atoms with E-state index in [0.717, 1.165) is 30.6 Å². The molecule has 1 aliphatic carbocycles. The van der Waals surface area contributed by atoms with E-state index in [9.17, 15) is 0 Å². The maximum atomic E-state index is 8.76. The lowest BCUT2D eigenvalue weighted by Crippen LogP contribution is -2.25. The minimum Gasteiger partial charge on any atom is -0.409 e. The van der Waals surface area contributed by atoms with Crippen molar-refractivity contribution in [1.29, 1.82) is 0 Å². The largest absolute Gasteiger partial charge is 0.409 e. The van der Waals surface area contributed by atoms with Gasteiger partial charge in [-0.25, -0.2) is 9.97 Å². The third-order valence-corrected chi connectivity index (χ3v) is 4.22. The van der Waals surface area contributed by atoms with Gasteiger partial charge in [0.05, 0.1) is 0 Å². The van der Waals surface area contributed by atoms with Gasteiger partial charge in [0.15, 0.2) is 5.84 Å². The van der Waals surface area contributed by atoms with Gasteiger partial charge in [-0.2, -0.15) is 0 Å². The summed E-state index contributed by atoms with van der Waals surface area (Å²) in [5.74, 6) is 2.31. The first-order valence-electron chi connectivity index (χ1n) is 6.76. The van der Waals surface area contributed by atoms with E-state index in [4.69, 9.17) is 10.9 Å². The lowest BCUT2D eigenvalue weighted by Gasteiger charge is -2.18. The molecule has 1 saturated carbocycles. The van der Waals surface area contributed by atoms with Crippen LogP contribution in [-0.4, -0.2) is 34.1 Å². The van der Waals surface area contributed by atoms with Crippen LogP contribution in [-0.2, 0) is 0 Å². The molecule has 1 aromatic heterocycles. The Hall–Kier alpha value is -1.85. The van der Waals surface area contributed by atoms with Crippen LogP contribution in [0.2, 0.25) is 0 Å². The van der Waals surface area contributed by atoms with Crippen molar-refractivity contribution in [1.82, 2.24) is 9.97 Å². The van der Waals surface area contributed by atoms with E-state index in [2.05, 4.69) is 20.0 Å². The fourth-order valence-corrected chi connectivity index (χ4v) is 3.28. The summed E-state index contributed by atoms with van der Waals surface area (Å²) in [6, 6.07) is 1.73. The van der Waals surface area contributed by atoms with E-state index >= 15 is 0 Å². The highest BCUT2D eigenvalue weighted by Gasteiger charge is 2.37. The molecule has 3 rings (SSSR count). The van der Waals surface area contributed by atoms with E-state index in [1.807, 2.05) is 6.92 Å². The molecular formula is C13H19N5O. The summed E-state index contributed by atoms with van der Waals surface area (Å²) in [4.78, 5) is 11.1. The van der Waals surface area contributed by atoms with E-state index in [1.165, 1.54) is 19.3 Å². The summed E-state index contributed by atoms with van der Waals surface area (Å²) in [6.45, 7) is 3.96. The Bertz CT molecular complexity index is 504. The topological polar surface area (TPSA) is 87.6 Å². The number of aryl methyl sites for hydroxylation is 1. The zero-order chi connectivity index (χ0) is 13.4. The number of fused-ring (bicyclic) bond motifs is 1. The lowest BCUT2D eigenvalue weighted by atomic mass is 10.0. The van der Waals surface area contributed by atoms with E-state index in [-0.39, 0.29) is 5.84 Å². The molecule has 1 aliphatic heterocycles. The molecule has 0 amide bonds. The molecular weight excluding hydrogens is 242 g/mol. The van der Waals surface area contributed by atoms with Crippen molar-refractivity contribution in [2.45, 2.75) is 26.2 Å². The summed E-state index contributed by atoms with van der Waals surface area (Å²) in [5, 5.41) is 11.8. The first-order chi connectivity index (χ1) is 9.17. The van der Waals surface area contributed by atoms with Gasteiger partial charge in [0.25, 0.3) is 0 Å². The molecule has 1 aromatic rings. The third-order valence-electron chi connectivity index (χ3n) is 4.22. The molecule has 0 aromatic carbocycles. The Labute approximate surface area is 112 Å². The van der Waals surface area contributed by atoms with Crippen LogP contribution in [0, 0.1) is 18.8 Å². The molecule has 2 unspecified atom stereocenters. The summed E-state index contributed by atoms with van der Waals surface area (Å²) in [7, 11) is 0. The number of hydrogen-bond acceptors (Lipinski definition) is 5. The SMILES string of the molecule is Cc1cc(/C(N)=N/O)nc(N2CC3CCCC3C2)n1. The quantitative estimate of drug-likeness (QED) is 0.360. The molecule has 0 spiro atoms. The van der Waals surface area contributed by atoms with Crippen LogP contribution in [0.25, 0.3) is 0 Å². The molecule has 6 nitrogen and oxygen atoms in total. The number of oxime groups is 1. The summed E-state index contributed by atoms with van der Waals surface area (Å²) in [6.07, 6.45) is 3.99. The zero-order valence-corrected chi connectivity index (χ0v) is 11.1. The Morgan fingerprint density at radius 1 is 1.37 bits per heavy atom. The van der Waals surface area contributed by atoms with E-state index < -0.39 is 0 Å². The highest BCUT2D eigenvalue weighted by Crippen LogP contribution is 2.38. The maximum absolute atomic E-state index is 8.76. The van der Waals surface area contributed by atoms with Gasteiger partial charge in [-0.05, 0) is 37.7 Å². The number of hydrogen-bond donors (Lipinski definition) is 2. The van der Waals surface area contributed by atoms with Crippen molar-refractivity contribution < 1.29 is 5.21 Å². The van der Waals surface area contributed by atoms with Crippen LogP contribution in [0.1, 0.15) is 30.7 Å². The van der Waals surface area contributed by atoms with Crippen LogP contribution in [0.4, 0.5) is 5.95 Å². The average molecular weight is 261 g/mol. The van der Waals surface area contributed by atoms with Gasteiger partial charge < -0.3 is 15.8 Å². The van der Waals surface area contributed by atoms with Gasteiger partial charge in [0.1, 0.15) is 5.69 Å². The van der Waals surface area contributed by atoms with Crippen molar-refractivity contribution in [3.05, 3.63) is 17.5 Å². The second kappa shape index (κ2) is 4.68. The van der Waals surface area contributed by atoms with Crippen LogP contribution in [0.3, 0.4) is 0 Å². The average Bonchev–Trinajstić information content (AvgIpc) is 2.97. The third kappa shape index (κ3) is 2.22. The second-order valence-corrected chi connectivity index (χ2v) is 5.54. The molecule has 1 saturated heterocycles. The molecule has 2 heterocycles. The second-order valence-electron chi connectivity index (χ2n) is 5.54. The van der Waals surface area contributed by atoms with Gasteiger partial charge in [-0.3, -0.25) is 0 Å². The predicted molar refractivity (Wildman–Crippen MR) is 72.3 cm³/mol.